The van der Waals surface area contributed by atoms with Gasteiger partial charge in [-0.3, -0.25) is 9.59 Å². The van der Waals surface area contributed by atoms with Crippen LogP contribution in [0.3, 0.4) is 0 Å². The van der Waals surface area contributed by atoms with Crippen LogP contribution in [-0.2, 0) is 22.7 Å². The summed E-state index contributed by atoms with van der Waals surface area (Å²) in [5.74, 6) is -0.920. The second-order valence-electron chi connectivity index (χ2n) is 4.36. The molecule has 20 heavy (non-hydrogen) atoms. The van der Waals surface area contributed by atoms with E-state index in [1.54, 1.807) is 4.57 Å². The summed E-state index contributed by atoms with van der Waals surface area (Å²) < 4.78 is 1.56. The van der Waals surface area contributed by atoms with E-state index in [9.17, 15) is 14.7 Å². The van der Waals surface area contributed by atoms with Crippen molar-refractivity contribution in [3.8, 4) is 0 Å². The van der Waals surface area contributed by atoms with Crippen molar-refractivity contribution in [3.63, 3.8) is 0 Å². The fraction of sp³-hybridized carbons (Fsp3) is 0.636. The van der Waals surface area contributed by atoms with Crippen LogP contribution in [-0.4, -0.2) is 48.6 Å². The van der Waals surface area contributed by atoms with E-state index < -0.39 is 5.97 Å². The van der Waals surface area contributed by atoms with E-state index in [4.69, 9.17) is 5.11 Å². The van der Waals surface area contributed by atoms with E-state index in [0.717, 1.165) is 11.8 Å². The van der Waals surface area contributed by atoms with Crippen LogP contribution >= 0.6 is 11.8 Å². The molecule has 1 aromatic heterocycles. The lowest BCUT2D eigenvalue weighted by Gasteiger charge is -2.10. The Labute approximate surface area is 120 Å². The molecule has 8 nitrogen and oxygen atoms in total. The highest BCUT2D eigenvalue weighted by molar-refractivity contribution is 7.99. The third-order valence-electron chi connectivity index (χ3n) is 2.27. The number of rotatable bonds is 8. The molecule has 1 rings (SSSR count). The molecular formula is C11H18N4O4S. The molecule has 0 aliphatic carbocycles. The highest BCUT2D eigenvalue weighted by Crippen LogP contribution is 2.17. The maximum atomic E-state index is 11.6. The molecule has 0 fully saturated rings. The largest absolute Gasteiger partial charge is 0.481 e. The van der Waals surface area contributed by atoms with Gasteiger partial charge < -0.3 is 20.1 Å². The minimum atomic E-state index is -0.965. The molecule has 3 N–H and O–H groups in total. The number of carboxylic acid groups (broad SMARTS) is 1. The van der Waals surface area contributed by atoms with E-state index in [2.05, 4.69) is 15.5 Å². The summed E-state index contributed by atoms with van der Waals surface area (Å²) in [6, 6.07) is 0.0570. The van der Waals surface area contributed by atoms with Gasteiger partial charge in [0.15, 0.2) is 11.0 Å². The smallest absolute Gasteiger partial charge is 0.313 e. The maximum absolute atomic E-state index is 11.6. The number of aliphatic hydroxyl groups excluding tert-OH is 1. The molecule has 0 saturated carbocycles. The van der Waals surface area contributed by atoms with Gasteiger partial charge >= 0.3 is 5.97 Å². The lowest BCUT2D eigenvalue weighted by molar-refractivity contribution is -0.134. The van der Waals surface area contributed by atoms with Crippen molar-refractivity contribution in [3.05, 3.63) is 5.82 Å². The first-order chi connectivity index (χ1) is 9.43. The summed E-state index contributed by atoms with van der Waals surface area (Å²) in [5.41, 5.74) is 0. The zero-order chi connectivity index (χ0) is 15.1. The minimum absolute atomic E-state index is 0.0570. The highest BCUT2D eigenvalue weighted by Gasteiger charge is 2.14. The molecule has 9 heteroatoms. The van der Waals surface area contributed by atoms with Crippen molar-refractivity contribution in [1.29, 1.82) is 0 Å². The number of hydrogen-bond acceptors (Lipinski definition) is 6. The number of nitrogens with zero attached hydrogens (tertiary/aromatic N) is 3. The number of carboxylic acids is 1. The number of carbonyl (C=O) groups excluding carboxylic acids is 1. The van der Waals surface area contributed by atoms with Crippen molar-refractivity contribution in [1.82, 2.24) is 20.1 Å². The Morgan fingerprint density at radius 2 is 2.10 bits per heavy atom. The van der Waals surface area contributed by atoms with E-state index in [1.165, 1.54) is 0 Å². The Bertz CT molecular complexity index is 475. The molecule has 0 aliphatic rings. The Morgan fingerprint density at radius 3 is 2.65 bits per heavy atom. The molecule has 0 aromatic carbocycles. The summed E-state index contributed by atoms with van der Waals surface area (Å²) in [7, 11) is 0. The molecule has 1 aromatic rings. The number of thioether (sulfide) groups is 1. The van der Waals surface area contributed by atoms with Crippen LogP contribution in [0.25, 0.3) is 0 Å². The van der Waals surface area contributed by atoms with Gasteiger partial charge in [0.05, 0.1) is 5.75 Å². The molecule has 1 amide bonds. The summed E-state index contributed by atoms with van der Waals surface area (Å²) in [6.45, 7) is 3.71. The van der Waals surface area contributed by atoms with Crippen molar-refractivity contribution in [2.45, 2.75) is 44.6 Å². The number of aliphatic hydroxyl groups is 1. The summed E-state index contributed by atoms with van der Waals surface area (Å²) >= 11 is 1.00. The Hall–Kier alpha value is -1.61. The lowest BCUT2D eigenvalue weighted by atomic mass is 10.3. The molecular weight excluding hydrogens is 284 g/mol. The first kappa shape index (κ1) is 16.4. The molecule has 0 saturated heterocycles. The minimum Gasteiger partial charge on any atom is -0.481 e. The van der Waals surface area contributed by atoms with Crippen molar-refractivity contribution in [2.75, 3.05) is 5.75 Å². The van der Waals surface area contributed by atoms with Crippen LogP contribution in [0.15, 0.2) is 5.16 Å². The molecule has 0 spiro atoms. The molecule has 0 aliphatic heterocycles. The zero-order valence-corrected chi connectivity index (χ0v) is 12.2. The monoisotopic (exact) mass is 302 g/mol. The number of amides is 1. The Kier molecular flexibility index (Phi) is 6.46. The topological polar surface area (TPSA) is 117 Å². The standard InChI is InChI=1S/C11H18N4O4S/c1-7(2)12-9(17)3-4-15-8(5-16)13-14-11(15)20-6-10(18)19/h7,16H,3-6H2,1-2H3,(H,12,17)(H,18,19). The first-order valence-corrected chi connectivity index (χ1v) is 7.09. The molecule has 0 bridgehead atoms. The van der Waals surface area contributed by atoms with Gasteiger partial charge in [0.2, 0.25) is 5.91 Å². The van der Waals surface area contributed by atoms with Crippen LogP contribution in [0.4, 0.5) is 0 Å². The van der Waals surface area contributed by atoms with E-state index >= 15 is 0 Å². The second kappa shape index (κ2) is 7.85. The van der Waals surface area contributed by atoms with Gasteiger partial charge in [-0.1, -0.05) is 11.8 Å². The molecule has 1 heterocycles. The van der Waals surface area contributed by atoms with E-state index in [-0.39, 0.29) is 30.7 Å². The van der Waals surface area contributed by atoms with Crippen molar-refractivity contribution < 1.29 is 19.8 Å². The van der Waals surface area contributed by atoms with Crippen LogP contribution in [0.2, 0.25) is 0 Å². The van der Waals surface area contributed by atoms with Crippen LogP contribution < -0.4 is 5.32 Å². The number of aliphatic carboxylic acids is 1. The average Bonchev–Trinajstić information content (AvgIpc) is 2.75. The molecule has 0 unspecified atom stereocenters. The van der Waals surface area contributed by atoms with Crippen molar-refractivity contribution in [2.24, 2.45) is 0 Å². The fourth-order valence-electron chi connectivity index (χ4n) is 1.50. The van der Waals surface area contributed by atoms with Gasteiger partial charge in [0, 0.05) is 19.0 Å². The summed E-state index contributed by atoms with van der Waals surface area (Å²) in [5, 5.41) is 28.6. The predicted molar refractivity (Wildman–Crippen MR) is 72.2 cm³/mol. The SMILES string of the molecule is CC(C)NC(=O)CCn1c(CO)nnc1SCC(=O)O. The van der Waals surface area contributed by atoms with E-state index in [0.29, 0.717) is 17.5 Å². The van der Waals surface area contributed by atoms with Crippen LogP contribution in [0.5, 0.6) is 0 Å². The lowest BCUT2D eigenvalue weighted by Crippen LogP contribution is -2.30. The van der Waals surface area contributed by atoms with Gasteiger partial charge in [-0.2, -0.15) is 0 Å². The maximum Gasteiger partial charge on any atom is 0.313 e. The molecule has 112 valence electrons. The Balaban J connectivity index is 2.68. The number of hydrogen-bond donors (Lipinski definition) is 3. The van der Waals surface area contributed by atoms with Gasteiger partial charge in [-0.15, -0.1) is 10.2 Å². The first-order valence-electron chi connectivity index (χ1n) is 6.11. The highest BCUT2D eigenvalue weighted by atomic mass is 32.2. The van der Waals surface area contributed by atoms with Gasteiger partial charge in [0.1, 0.15) is 6.61 Å². The van der Waals surface area contributed by atoms with Crippen molar-refractivity contribution >= 4 is 23.6 Å². The average molecular weight is 302 g/mol. The number of carbonyl (C=O) groups is 2. The third-order valence-corrected chi connectivity index (χ3v) is 3.22. The Morgan fingerprint density at radius 1 is 1.40 bits per heavy atom. The summed E-state index contributed by atoms with van der Waals surface area (Å²) in [6.07, 6.45) is 0.212. The predicted octanol–water partition coefficient (Wildman–Crippen LogP) is -0.138. The van der Waals surface area contributed by atoms with E-state index in [1.807, 2.05) is 13.8 Å². The third kappa shape index (κ3) is 5.17. The number of aromatic nitrogens is 3. The normalized spacial score (nSPS) is 10.8. The molecule has 0 radical (unpaired) electrons. The number of nitrogens with one attached hydrogen (secondary N) is 1. The van der Waals surface area contributed by atoms with Gasteiger partial charge in [-0.25, -0.2) is 0 Å². The van der Waals surface area contributed by atoms with Crippen LogP contribution in [0.1, 0.15) is 26.1 Å². The van der Waals surface area contributed by atoms with Crippen LogP contribution in [0, 0.1) is 0 Å². The van der Waals surface area contributed by atoms with Gasteiger partial charge in [-0.05, 0) is 13.8 Å². The zero-order valence-electron chi connectivity index (χ0n) is 11.4. The second-order valence-corrected chi connectivity index (χ2v) is 5.31. The van der Waals surface area contributed by atoms with Gasteiger partial charge in [0.25, 0.3) is 0 Å². The summed E-state index contributed by atoms with van der Waals surface area (Å²) in [4.78, 5) is 22.2. The quantitative estimate of drug-likeness (QED) is 0.572. The fourth-order valence-corrected chi connectivity index (χ4v) is 2.20. The molecule has 0 atom stereocenters.